The average molecular weight is 1060 g/mol. The van der Waals surface area contributed by atoms with Gasteiger partial charge in [0.15, 0.2) is 0 Å². The monoisotopic (exact) mass is 1060 g/mol. The molecule has 4 aromatic carbocycles. The van der Waals surface area contributed by atoms with Crippen molar-refractivity contribution in [2.75, 3.05) is 43.0 Å². The van der Waals surface area contributed by atoms with Crippen LogP contribution in [0.5, 0.6) is 11.5 Å². The molecule has 2 aliphatic heterocycles. The summed E-state index contributed by atoms with van der Waals surface area (Å²) in [6, 6.07) is 16.5. The number of nitrogens with one attached hydrogen (secondary N) is 2. The molecule has 0 bridgehead atoms. The van der Waals surface area contributed by atoms with Gasteiger partial charge in [0.25, 0.3) is 0 Å². The number of nitro benzene ring substituents is 2. The molecule has 1 unspecified atom stereocenters. The Balaban J connectivity index is 0.000000185. The summed E-state index contributed by atoms with van der Waals surface area (Å²) >= 11 is 2.72. The number of halogens is 2. The van der Waals surface area contributed by atoms with Gasteiger partial charge in [-0.1, -0.05) is 43.3 Å². The maximum atomic E-state index is 14.2. The number of carbonyl (C=O) groups is 1. The molecule has 75 heavy (non-hydrogen) atoms. The first kappa shape index (κ1) is 52.0. The maximum Gasteiger partial charge on any atom is 0.316 e. The molecular weight excluding hydrogens is 1010 g/mol. The number of aliphatic hydroxyl groups excluding tert-OH is 1. The van der Waals surface area contributed by atoms with E-state index in [1.54, 1.807) is 12.4 Å². The third-order valence-corrected chi connectivity index (χ3v) is 14.7. The minimum atomic E-state index is -1.01. The van der Waals surface area contributed by atoms with Gasteiger partial charge in [-0.3, -0.25) is 25.0 Å². The van der Waals surface area contributed by atoms with Crippen molar-refractivity contribution in [2.24, 2.45) is 0 Å². The quantitative estimate of drug-likeness (QED) is 0.0313. The molecule has 4 aromatic heterocycles. The molecule has 0 aliphatic carbocycles. The highest BCUT2D eigenvalue weighted by atomic mass is 32.2. The molecule has 0 amide bonds. The standard InChI is InChI=1S/C28H28FN5O5S.C24H22FN5O4S/c1-4-16(2)39-25(35)15-40-24-13-30-28(31-21-12-22(34(36)37)20(29)11-23(21)38-3)32-26(24)19-14-33-10-6-8-17-7-5-9-18(19)27(17)33;1-34-20-10-17(25)19(30(32)33)11-18(20)27-24-26-12-21(35-9-8-31)22(28-24)16-13-29-7-3-5-14-4-2-6-15(16)23(14)29/h5,7,9,11-14,16H,4,6,8,10,15H2,1-3H3,(H,30,31,32);2,4,6,10-13,31H,3,5,7-9H2,1H3,(H,26,27,28). The van der Waals surface area contributed by atoms with Crippen molar-refractivity contribution >= 4 is 85.9 Å². The molecule has 0 fully saturated rings. The topological polar surface area (TPSA) is 237 Å². The Morgan fingerprint density at radius 2 is 1.25 bits per heavy atom. The van der Waals surface area contributed by atoms with Crippen LogP contribution >= 0.6 is 23.5 Å². The minimum Gasteiger partial charge on any atom is -0.494 e. The van der Waals surface area contributed by atoms with Gasteiger partial charge in [-0.15, -0.1) is 23.5 Å². The fourth-order valence-electron chi connectivity index (χ4n) is 9.12. The number of thioether (sulfide) groups is 2. The molecule has 0 spiro atoms. The van der Waals surface area contributed by atoms with Gasteiger partial charge >= 0.3 is 17.3 Å². The molecule has 1 atom stereocenters. The lowest BCUT2D eigenvalue weighted by Gasteiger charge is -2.14. The van der Waals surface area contributed by atoms with E-state index >= 15 is 0 Å². The van der Waals surface area contributed by atoms with Crippen LogP contribution in [0.1, 0.15) is 44.2 Å². The number of aryl methyl sites for hydroxylation is 4. The molecule has 19 nitrogen and oxygen atoms in total. The number of carbonyl (C=O) groups excluding carboxylic acids is 1. The molecular formula is C52H50F2N10O9S2. The number of hydrogen-bond donors (Lipinski definition) is 3. The van der Waals surface area contributed by atoms with Crippen LogP contribution in [-0.4, -0.2) is 88.4 Å². The van der Waals surface area contributed by atoms with Crippen molar-refractivity contribution in [3.8, 4) is 34.0 Å². The number of anilines is 4. The van der Waals surface area contributed by atoms with E-state index in [1.165, 1.54) is 54.4 Å². The molecule has 8 aromatic rings. The highest BCUT2D eigenvalue weighted by Gasteiger charge is 2.26. The SMILES string of the molecule is CCC(C)OC(=O)CSc1cnc(Nc2cc([N+](=O)[O-])c(F)cc2OC)nc1-c1cn2c3c(cccc13)CCC2.COc1cc(F)c([N+](=O)[O-])cc1Nc1ncc(SCCO)c(-c2cn3c4c(cccc24)CCC3)n1. The number of esters is 1. The summed E-state index contributed by atoms with van der Waals surface area (Å²) in [5, 5.41) is 39.9. The summed E-state index contributed by atoms with van der Waals surface area (Å²) < 4.78 is 48.6. The Morgan fingerprint density at radius 3 is 1.69 bits per heavy atom. The molecule has 0 saturated carbocycles. The highest BCUT2D eigenvalue weighted by molar-refractivity contribution is 8.00. The van der Waals surface area contributed by atoms with Crippen molar-refractivity contribution in [1.82, 2.24) is 29.1 Å². The first-order chi connectivity index (χ1) is 36.3. The van der Waals surface area contributed by atoms with E-state index in [4.69, 9.17) is 24.2 Å². The summed E-state index contributed by atoms with van der Waals surface area (Å²) in [7, 11) is 2.69. The van der Waals surface area contributed by atoms with Crippen molar-refractivity contribution in [3.05, 3.63) is 128 Å². The number of benzene rings is 4. The Bertz CT molecular complexity index is 3500. The van der Waals surface area contributed by atoms with Gasteiger partial charge in [-0.05, 0) is 50.2 Å². The van der Waals surface area contributed by atoms with Crippen LogP contribution in [0.4, 0.5) is 43.4 Å². The first-order valence-corrected chi connectivity index (χ1v) is 25.9. The summed E-state index contributed by atoms with van der Waals surface area (Å²) in [5.74, 6) is -1.33. The number of nitro groups is 2. The van der Waals surface area contributed by atoms with E-state index < -0.39 is 32.9 Å². The number of methoxy groups -OCH3 is 2. The van der Waals surface area contributed by atoms with Crippen LogP contribution < -0.4 is 20.1 Å². The van der Waals surface area contributed by atoms with Crippen LogP contribution in [-0.2, 0) is 35.5 Å². The van der Waals surface area contributed by atoms with Crippen molar-refractivity contribution < 1.29 is 42.7 Å². The van der Waals surface area contributed by atoms with Crippen molar-refractivity contribution in [2.45, 2.75) is 74.9 Å². The molecule has 0 saturated heterocycles. The van der Waals surface area contributed by atoms with Crippen LogP contribution in [0.15, 0.2) is 95.2 Å². The van der Waals surface area contributed by atoms with E-state index in [0.717, 1.165) is 102 Å². The molecule has 6 heterocycles. The fraction of sp³-hybridized carbons (Fsp3) is 0.288. The number of nitrogens with zero attached hydrogens (tertiary/aromatic N) is 8. The molecule has 10 rings (SSSR count). The van der Waals surface area contributed by atoms with Gasteiger partial charge in [0, 0.05) is 89.8 Å². The van der Waals surface area contributed by atoms with Crippen molar-refractivity contribution in [1.29, 1.82) is 0 Å². The number of hydrogen-bond acceptors (Lipinski definition) is 17. The zero-order valence-corrected chi connectivity index (χ0v) is 42.7. The van der Waals surface area contributed by atoms with Crippen LogP contribution in [0.3, 0.4) is 0 Å². The van der Waals surface area contributed by atoms with Crippen molar-refractivity contribution in [3.63, 3.8) is 0 Å². The number of para-hydroxylation sites is 2. The fourth-order valence-corrected chi connectivity index (χ4v) is 10.6. The first-order valence-electron chi connectivity index (χ1n) is 23.9. The second kappa shape index (κ2) is 22.7. The maximum absolute atomic E-state index is 14.2. The normalized spacial score (nSPS) is 12.9. The van der Waals surface area contributed by atoms with Crippen LogP contribution in [0.2, 0.25) is 0 Å². The number of aliphatic hydroxyl groups is 1. The predicted molar refractivity (Wildman–Crippen MR) is 283 cm³/mol. The molecule has 23 heteroatoms. The van der Waals surface area contributed by atoms with E-state index in [1.807, 2.05) is 32.0 Å². The largest absolute Gasteiger partial charge is 0.494 e. The zero-order chi connectivity index (χ0) is 52.9. The average Bonchev–Trinajstić information content (AvgIpc) is 4.00. The van der Waals surface area contributed by atoms with E-state index in [2.05, 4.69) is 60.3 Å². The highest BCUT2D eigenvalue weighted by Crippen LogP contribution is 2.42. The summed E-state index contributed by atoms with van der Waals surface area (Å²) in [6.07, 6.45) is 12.0. The molecule has 2 aliphatic rings. The lowest BCUT2D eigenvalue weighted by atomic mass is 10.0. The number of rotatable bonds is 18. The second-order valence-corrected chi connectivity index (χ2v) is 19.6. The minimum absolute atomic E-state index is 0.00641. The third kappa shape index (κ3) is 11.0. The number of ether oxygens (including phenoxy) is 3. The molecule has 0 radical (unpaired) electrons. The van der Waals surface area contributed by atoms with Gasteiger partial charge < -0.3 is 39.1 Å². The van der Waals surface area contributed by atoms with Gasteiger partial charge in [0.05, 0.1) is 86.1 Å². The van der Waals surface area contributed by atoms with Crippen LogP contribution in [0.25, 0.3) is 44.3 Å². The summed E-state index contributed by atoms with van der Waals surface area (Å²) in [5.41, 5.74) is 6.91. The predicted octanol–water partition coefficient (Wildman–Crippen LogP) is 11.2. The van der Waals surface area contributed by atoms with E-state index in [-0.39, 0.29) is 59.2 Å². The molecule has 388 valence electrons. The Hall–Kier alpha value is -7.89. The third-order valence-electron chi connectivity index (χ3n) is 12.7. The van der Waals surface area contributed by atoms with Gasteiger partial charge in [-0.2, -0.15) is 8.78 Å². The lowest BCUT2D eigenvalue weighted by Crippen LogP contribution is -2.15. The number of aromatic nitrogens is 6. The Morgan fingerprint density at radius 1 is 0.773 bits per heavy atom. The summed E-state index contributed by atoms with van der Waals surface area (Å²) in [4.78, 5) is 53.2. The van der Waals surface area contributed by atoms with Crippen LogP contribution in [0, 0.1) is 31.9 Å². The van der Waals surface area contributed by atoms with Gasteiger partial charge in [0.2, 0.25) is 23.5 Å². The smallest absolute Gasteiger partial charge is 0.316 e. The van der Waals surface area contributed by atoms with E-state index in [0.29, 0.717) is 22.0 Å². The Labute approximate surface area is 436 Å². The Kier molecular flexibility index (Phi) is 15.7. The lowest BCUT2D eigenvalue weighted by molar-refractivity contribution is -0.387. The van der Waals surface area contributed by atoms with Gasteiger partial charge in [-0.25, -0.2) is 19.9 Å². The molecule has 3 N–H and O–H groups in total. The summed E-state index contributed by atoms with van der Waals surface area (Å²) in [6.45, 7) is 5.60. The second-order valence-electron chi connectivity index (χ2n) is 17.5. The van der Waals surface area contributed by atoms with E-state index in [9.17, 15) is 38.9 Å². The van der Waals surface area contributed by atoms with Gasteiger partial charge in [0.1, 0.15) is 11.5 Å². The zero-order valence-electron chi connectivity index (χ0n) is 41.1.